The summed E-state index contributed by atoms with van der Waals surface area (Å²) in [6.07, 6.45) is 1.72. The van der Waals surface area contributed by atoms with Crippen molar-refractivity contribution in [2.75, 3.05) is 19.0 Å². The molecule has 21 heavy (non-hydrogen) atoms. The van der Waals surface area contributed by atoms with E-state index < -0.39 is 0 Å². The Balaban J connectivity index is 2.07. The van der Waals surface area contributed by atoms with Gasteiger partial charge in [0.2, 0.25) is 0 Å². The number of halogens is 2. The normalized spacial score (nSPS) is 10.6. The van der Waals surface area contributed by atoms with Gasteiger partial charge in [0.1, 0.15) is 5.82 Å². The molecule has 4 nitrogen and oxygen atoms in total. The first kappa shape index (κ1) is 15.5. The third-order valence-corrected chi connectivity index (χ3v) is 3.37. The lowest BCUT2D eigenvalue weighted by Crippen LogP contribution is -2.21. The van der Waals surface area contributed by atoms with Crippen molar-refractivity contribution in [1.82, 2.24) is 4.57 Å². The van der Waals surface area contributed by atoms with Crippen LogP contribution >= 0.6 is 11.6 Å². The van der Waals surface area contributed by atoms with Gasteiger partial charge in [-0.25, -0.2) is 4.39 Å². The van der Waals surface area contributed by atoms with Gasteiger partial charge in [-0.2, -0.15) is 0 Å². The molecule has 0 radical (unpaired) electrons. The van der Waals surface area contributed by atoms with Crippen LogP contribution in [-0.2, 0) is 17.8 Å². The first-order valence-corrected chi connectivity index (χ1v) is 6.85. The second-order valence-corrected chi connectivity index (χ2v) is 4.94. The van der Waals surface area contributed by atoms with E-state index in [0.717, 1.165) is 11.3 Å². The van der Waals surface area contributed by atoms with Crippen LogP contribution in [0.5, 0.6) is 0 Å². The van der Waals surface area contributed by atoms with Crippen LogP contribution in [0.1, 0.15) is 5.56 Å². The fraction of sp³-hybridized carbons (Fsp3) is 0.267. The summed E-state index contributed by atoms with van der Waals surface area (Å²) in [5.41, 5.74) is 1.48. The number of rotatable bonds is 6. The number of ether oxygens (including phenoxy) is 1. The van der Waals surface area contributed by atoms with Crippen molar-refractivity contribution in [1.29, 1.82) is 0 Å². The molecule has 0 aliphatic carbocycles. The van der Waals surface area contributed by atoms with E-state index >= 15 is 0 Å². The van der Waals surface area contributed by atoms with Gasteiger partial charge >= 0.3 is 0 Å². The predicted octanol–water partition coefficient (Wildman–Crippen LogP) is 2.90. The quantitative estimate of drug-likeness (QED) is 0.892. The minimum absolute atomic E-state index is 0.0857. The Morgan fingerprint density at radius 1 is 1.33 bits per heavy atom. The van der Waals surface area contributed by atoms with Crippen LogP contribution in [0.3, 0.4) is 0 Å². The zero-order valence-electron chi connectivity index (χ0n) is 11.6. The molecular weight excluding hydrogens is 295 g/mol. The minimum atomic E-state index is -0.364. The number of nitrogens with one attached hydrogen (secondary N) is 1. The molecule has 0 saturated heterocycles. The van der Waals surface area contributed by atoms with Crippen molar-refractivity contribution in [3.63, 3.8) is 0 Å². The molecule has 0 aliphatic heterocycles. The second-order valence-electron chi connectivity index (χ2n) is 4.53. The van der Waals surface area contributed by atoms with Gasteiger partial charge in [0.15, 0.2) is 0 Å². The van der Waals surface area contributed by atoms with E-state index in [1.54, 1.807) is 30.0 Å². The van der Waals surface area contributed by atoms with Gasteiger partial charge in [-0.05, 0) is 23.8 Å². The maximum atomic E-state index is 13.0. The predicted molar refractivity (Wildman–Crippen MR) is 81.3 cm³/mol. The van der Waals surface area contributed by atoms with Crippen molar-refractivity contribution in [2.45, 2.75) is 13.1 Å². The molecule has 1 aromatic heterocycles. The van der Waals surface area contributed by atoms with Crippen molar-refractivity contribution in [3.05, 3.63) is 63.3 Å². The number of pyridine rings is 1. The molecule has 0 spiro atoms. The van der Waals surface area contributed by atoms with Gasteiger partial charge < -0.3 is 14.6 Å². The lowest BCUT2D eigenvalue weighted by atomic mass is 10.2. The van der Waals surface area contributed by atoms with Gasteiger partial charge in [-0.1, -0.05) is 17.7 Å². The Morgan fingerprint density at radius 2 is 2.14 bits per heavy atom. The number of aromatic nitrogens is 1. The topological polar surface area (TPSA) is 43.3 Å². The van der Waals surface area contributed by atoms with Crippen molar-refractivity contribution in [2.24, 2.45) is 0 Å². The highest BCUT2D eigenvalue weighted by Gasteiger charge is 2.03. The molecule has 0 atom stereocenters. The van der Waals surface area contributed by atoms with Crippen LogP contribution in [0.25, 0.3) is 0 Å². The Morgan fingerprint density at radius 3 is 2.86 bits per heavy atom. The van der Waals surface area contributed by atoms with E-state index in [1.807, 2.05) is 0 Å². The summed E-state index contributed by atoms with van der Waals surface area (Å²) in [6.45, 7) is 1.40. The molecule has 1 aromatic carbocycles. The number of nitrogens with zero attached hydrogens (tertiary/aromatic N) is 1. The molecule has 0 aliphatic rings. The Hall–Kier alpha value is -1.85. The zero-order valence-corrected chi connectivity index (χ0v) is 12.4. The largest absolute Gasteiger partial charge is 0.383 e. The first-order chi connectivity index (χ1) is 10.1. The van der Waals surface area contributed by atoms with E-state index in [4.69, 9.17) is 16.3 Å². The summed E-state index contributed by atoms with van der Waals surface area (Å²) >= 11 is 5.97. The highest BCUT2D eigenvalue weighted by molar-refractivity contribution is 6.31. The lowest BCUT2D eigenvalue weighted by Gasteiger charge is -2.11. The highest BCUT2D eigenvalue weighted by Crippen LogP contribution is 2.18. The van der Waals surface area contributed by atoms with Crippen LogP contribution in [0.15, 0.2) is 41.3 Å². The Bertz CT molecular complexity index is 673. The number of hydrogen-bond acceptors (Lipinski definition) is 3. The monoisotopic (exact) mass is 310 g/mol. The molecule has 6 heteroatoms. The summed E-state index contributed by atoms with van der Waals surface area (Å²) < 4.78 is 19.5. The molecule has 0 fully saturated rings. The van der Waals surface area contributed by atoms with Crippen molar-refractivity contribution < 1.29 is 9.13 Å². The molecule has 1 N–H and O–H groups in total. The van der Waals surface area contributed by atoms with Crippen molar-refractivity contribution >= 4 is 17.3 Å². The number of methoxy groups -OCH3 is 1. The van der Waals surface area contributed by atoms with Gasteiger partial charge in [0.05, 0.1) is 12.3 Å². The molecule has 0 unspecified atom stereocenters. The zero-order chi connectivity index (χ0) is 15.2. The first-order valence-electron chi connectivity index (χ1n) is 6.47. The summed E-state index contributed by atoms with van der Waals surface area (Å²) in [5, 5.41) is 3.53. The van der Waals surface area contributed by atoms with Gasteiger partial charge in [0.25, 0.3) is 5.56 Å². The van der Waals surface area contributed by atoms with E-state index in [1.165, 1.54) is 18.2 Å². The highest BCUT2D eigenvalue weighted by atomic mass is 35.5. The average Bonchev–Trinajstić information content (AvgIpc) is 2.46. The summed E-state index contributed by atoms with van der Waals surface area (Å²) in [4.78, 5) is 11.7. The number of hydrogen-bond donors (Lipinski definition) is 1. The second kappa shape index (κ2) is 7.24. The smallest absolute Gasteiger partial charge is 0.250 e. The Kier molecular flexibility index (Phi) is 5.36. The maximum Gasteiger partial charge on any atom is 0.250 e. The minimum Gasteiger partial charge on any atom is -0.383 e. The van der Waals surface area contributed by atoms with E-state index in [9.17, 15) is 9.18 Å². The molecule has 2 rings (SSSR count). The summed E-state index contributed by atoms with van der Waals surface area (Å²) in [7, 11) is 1.59. The number of benzene rings is 1. The third kappa shape index (κ3) is 4.31. The standard InChI is InChI=1S/C15H16ClFN2O2/c1-21-7-6-19-10-13(4-5-15(19)20)18-9-11-2-3-12(17)8-14(11)16/h2-5,8,10,18H,6-7,9H2,1H3. The molecule has 0 amide bonds. The summed E-state index contributed by atoms with van der Waals surface area (Å²) in [5.74, 6) is -0.364. The van der Waals surface area contributed by atoms with E-state index in [2.05, 4.69) is 5.32 Å². The van der Waals surface area contributed by atoms with E-state index in [-0.39, 0.29) is 11.4 Å². The Labute approximate surface area is 127 Å². The molecular formula is C15H16ClFN2O2. The van der Waals surface area contributed by atoms with Gasteiger partial charge in [0, 0.05) is 37.5 Å². The van der Waals surface area contributed by atoms with Gasteiger partial charge in [-0.3, -0.25) is 4.79 Å². The average molecular weight is 311 g/mol. The summed E-state index contributed by atoms with van der Waals surface area (Å²) in [6, 6.07) is 7.46. The van der Waals surface area contributed by atoms with Crippen LogP contribution in [0, 0.1) is 5.82 Å². The van der Waals surface area contributed by atoms with Crippen molar-refractivity contribution in [3.8, 4) is 0 Å². The molecule has 0 bridgehead atoms. The van der Waals surface area contributed by atoms with Gasteiger partial charge in [-0.15, -0.1) is 0 Å². The molecule has 2 aromatic rings. The van der Waals surface area contributed by atoms with Crippen LogP contribution in [0.2, 0.25) is 5.02 Å². The van der Waals surface area contributed by atoms with Crippen LogP contribution in [-0.4, -0.2) is 18.3 Å². The van der Waals surface area contributed by atoms with Crippen LogP contribution in [0.4, 0.5) is 10.1 Å². The van der Waals surface area contributed by atoms with Crippen LogP contribution < -0.4 is 10.9 Å². The molecule has 112 valence electrons. The number of anilines is 1. The fourth-order valence-corrected chi connectivity index (χ4v) is 2.10. The van der Waals surface area contributed by atoms with E-state index in [0.29, 0.717) is 24.7 Å². The third-order valence-electron chi connectivity index (χ3n) is 3.02. The SMILES string of the molecule is COCCn1cc(NCc2ccc(F)cc2Cl)ccc1=O. The maximum absolute atomic E-state index is 13.0. The fourth-order valence-electron chi connectivity index (χ4n) is 1.86. The lowest BCUT2D eigenvalue weighted by molar-refractivity contribution is 0.186. The molecule has 1 heterocycles. The molecule has 0 saturated carbocycles.